The molecule has 0 spiro atoms. The predicted octanol–water partition coefficient (Wildman–Crippen LogP) is 2.84. The average Bonchev–Trinajstić information content (AvgIpc) is 2.84. The molecule has 0 bridgehead atoms. The summed E-state index contributed by atoms with van der Waals surface area (Å²) < 4.78 is 7.16. The summed E-state index contributed by atoms with van der Waals surface area (Å²) in [4.78, 5) is 31.7. The first-order valence-electron chi connectivity index (χ1n) is 11.2. The van der Waals surface area contributed by atoms with Crippen LogP contribution in [-0.4, -0.2) is 52.6 Å². The third kappa shape index (κ3) is 6.66. The molecule has 2 heterocycles. The van der Waals surface area contributed by atoms with Crippen molar-refractivity contribution in [3.8, 4) is 5.75 Å². The van der Waals surface area contributed by atoms with Gasteiger partial charge in [0.05, 0.1) is 0 Å². The van der Waals surface area contributed by atoms with Crippen LogP contribution in [0.3, 0.4) is 0 Å². The molecule has 1 saturated heterocycles. The Kier molecular flexibility index (Phi) is 7.71. The van der Waals surface area contributed by atoms with Gasteiger partial charge >= 0.3 is 0 Å². The maximum atomic E-state index is 12.8. The van der Waals surface area contributed by atoms with Gasteiger partial charge in [-0.1, -0.05) is 36.4 Å². The number of piperidine rings is 1. The largest absolute Gasteiger partial charge is 0.492 e. The van der Waals surface area contributed by atoms with E-state index in [1.165, 1.54) is 10.8 Å². The fourth-order valence-electron chi connectivity index (χ4n) is 3.85. The van der Waals surface area contributed by atoms with Crippen molar-refractivity contribution in [2.75, 3.05) is 36.9 Å². The van der Waals surface area contributed by atoms with Gasteiger partial charge in [-0.3, -0.25) is 14.5 Å². The fraction of sp³-hybridized carbons (Fsp3) is 0.320. The summed E-state index contributed by atoms with van der Waals surface area (Å²) in [6.45, 7) is 3.31. The molecular weight excluding hydrogens is 418 g/mol. The number of rotatable bonds is 9. The van der Waals surface area contributed by atoms with E-state index in [1.54, 1.807) is 18.3 Å². The van der Waals surface area contributed by atoms with Gasteiger partial charge in [-0.2, -0.15) is 0 Å². The number of amides is 1. The minimum atomic E-state index is -0.292. The van der Waals surface area contributed by atoms with Gasteiger partial charge in [-0.05, 0) is 37.1 Å². The molecule has 8 heteroatoms. The van der Waals surface area contributed by atoms with Crippen LogP contribution in [0.4, 0.5) is 11.5 Å². The zero-order chi connectivity index (χ0) is 22.9. The van der Waals surface area contributed by atoms with E-state index in [1.807, 2.05) is 48.5 Å². The zero-order valence-electron chi connectivity index (χ0n) is 18.5. The summed E-state index contributed by atoms with van der Waals surface area (Å²) in [6, 6.07) is 19.2. The Hall–Kier alpha value is -3.65. The van der Waals surface area contributed by atoms with Crippen LogP contribution < -0.4 is 20.9 Å². The first-order valence-corrected chi connectivity index (χ1v) is 11.2. The number of anilines is 2. The Bertz CT molecular complexity index is 1080. The highest BCUT2D eigenvalue weighted by molar-refractivity contribution is 5.90. The molecule has 0 saturated carbocycles. The molecule has 1 aliphatic heterocycles. The number of likely N-dealkylation sites (tertiary alicyclic amines) is 1. The number of nitrogens with zero attached hydrogens (tertiary/aromatic N) is 3. The number of carbonyl (C=O) groups is 1. The van der Waals surface area contributed by atoms with Crippen molar-refractivity contribution in [3.63, 3.8) is 0 Å². The van der Waals surface area contributed by atoms with E-state index >= 15 is 0 Å². The molecule has 0 radical (unpaired) electrons. The molecule has 33 heavy (non-hydrogen) atoms. The second-order valence-corrected chi connectivity index (χ2v) is 8.04. The van der Waals surface area contributed by atoms with Crippen molar-refractivity contribution in [2.45, 2.75) is 25.4 Å². The minimum Gasteiger partial charge on any atom is -0.492 e. The highest BCUT2D eigenvalue weighted by Crippen LogP contribution is 2.14. The number of ether oxygens (including phenoxy) is 1. The summed E-state index contributed by atoms with van der Waals surface area (Å²) in [5.74, 6) is 0.917. The van der Waals surface area contributed by atoms with Gasteiger partial charge in [-0.15, -0.1) is 0 Å². The monoisotopic (exact) mass is 447 g/mol. The van der Waals surface area contributed by atoms with Crippen molar-refractivity contribution in [1.82, 2.24) is 14.5 Å². The molecule has 172 valence electrons. The number of nitrogens with one attached hydrogen (secondary N) is 2. The van der Waals surface area contributed by atoms with Crippen molar-refractivity contribution in [2.24, 2.45) is 0 Å². The molecule has 1 fully saturated rings. The van der Waals surface area contributed by atoms with Gasteiger partial charge in [0.15, 0.2) is 5.82 Å². The quantitative estimate of drug-likeness (QED) is 0.525. The van der Waals surface area contributed by atoms with Gasteiger partial charge < -0.3 is 19.9 Å². The third-order valence-corrected chi connectivity index (χ3v) is 5.63. The van der Waals surface area contributed by atoms with Crippen LogP contribution in [0.2, 0.25) is 0 Å². The average molecular weight is 448 g/mol. The predicted molar refractivity (Wildman–Crippen MR) is 129 cm³/mol. The SMILES string of the molecule is O=C(Cn1ccnc(NC2CCN(CCOc3ccccc3)CC2)c1=O)Nc1ccccc1. The van der Waals surface area contributed by atoms with Gasteiger partial charge in [0.25, 0.3) is 5.56 Å². The second kappa shape index (κ2) is 11.3. The second-order valence-electron chi connectivity index (χ2n) is 8.04. The Morgan fingerprint density at radius 2 is 1.73 bits per heavy atom. The van der Waals surface area contributed by atoms with E-state index < -0.39 is 0 Å². The van der Waals surface area contributed by atoms with Gasteiger partial charge in [-0.25, -0.2) is 4.98 Å². The van der Waals surface area contributed by atoms with Gasteiger partial charge in [0.1, 0.15) is 18.9 Å². The zero-order valence-corrected chi connectivity index (χ0v) is 18.5. The van der Waals surface area contributed by atoms with Crippen LogP contribution in [0.25, 0.3) is 0 Å². The maximum absolute atomic E-state index is 12.8. The van der Waals surface area contributed by atoms with Crippen molar-refractivity contribution >= 4 is 17.4 Å². The number of hydrogen-bond donors (Lipinski definition) is 2. The molecule has 4 rings (SSSR count). The van der Waals surface area contributed by atoms with Gasteiger partial charge in [0, 0.05) is 43.8 Å². The Morgan fingerprint density at radius 3 is 2.45 bits per heavy atom. The Labute approximate surface area is 193 Å². The molecule has 0 atom stereocenters. The van der Waals surface area contributed by atoms with Gasteiger partial charge in [0.2, 0.25) is 5.91 Å². The fourth-order valence-corrected chi connectivity index (χ4v) is 3.85. The first kappa shape index (κ1) is 22.5. The van der Waals surface area contributed by atoms with Crippen molar-refractivity contribution < 1.29 is 9.53 Å². The van der Waals surface area contributed by atoms with Crippen molar-refractivity contribution in [1.29, 1.82) is 0 Å². The Morgan fingerprint density at radius 1 is 1.03 bits per heavy atom. The summed E-state index contributed by atoms with van der Waals surface area (Å²) in [5.41, 5.74) is 0.406. The molecule has 1 aliphatic rings. The van der Waals surface area contributed by atoms with Crippen LogP contribution in [0.1, 0.15) is 12.8 Å². The number of carbonyl (C=O) groups excluding carboxylic acids is 1. The highest BCUT2D eigenvalue weighted by Gasteiger charge is 2.20. The summed E-state index contributed by atoms with van der Waals surface area (Å²) in [7, 11) is 0. The van der Waals surface area contributed by atoms with E-state index in [0.29, 0.717) is 12.3 Å². The molecule has 0 unspecified atom stereocenters. The number of para-hydroxylation sites is 2. The normalized spacial score (nSPS) is 14.5. The smallest absolute Gasteiger partial charge is 0.293 e. The van der Waals surface area contributed by atoms with Crippen LogP contribution in [0, 0.1) is 0 Å². The minimum absolute atomic E-state index is 0.0647. The number of benzene rings is 2. The van der Waals surface area contributed by atoms with Crippen LogP contribution in [0.15, 0.2) is 77.9 Å². The number of hydrogen-bond acceptors (Lipinski definition) is 6. The summed E-state index contributed by atoms with van der Waals surface area (Å²) >= 11 is 0. The van der Waals surface area contributed by atoms with Crippen LogP contribution in [0.5, 0.6) is 5.75 Å². The summed E-state index contributed by atoms with van der Waals surface area (Å²) in [5, 5.41) is 6.08. The molecule has 2 N–H and O–H groups in total. The summed E-state index contributed by atoms with van der Waals surface area (Å²) in [6.07, 6.45) is 4.91. The van der Waals surface area contributed by atoms with E-state index in [-0.39, 0.29) is 29.9 Å². The third-order valence-electron chi connectivity index (χ3n) is 5.63. The van der Waals surface area contributed by atoms with E-state index in [2.05, 4.69) is 20.5 Å². The molecule has 1 amide bonds. The number of aromatic nitrogens is 2. The first-order chi connectivity index (χ1) is 16.2. The lowest BCUT2D eigenvalue weighted by Gasteiger charge is -2.32. The Balaban J connectivity index is 1.24. The maximum Gasteiger partial charge on any atom is 0.293 e. The van der Waals surface area contributed by atoms with Crippen LogP contribution in [-0.2, 0) is 11.3 Å². The van der Waals surface area contributed by atoms with E-state index in [0.717, 1.165) is 38.2 Å². The molecule has 2 aromatic carbocycles. The van der Waals surface area contributed by atoms with E-state index in [4.69, 9.17) is 4.74 Å². The molecule has 8 nitrogen and oxygen atoms in total. The lowest BCUT2D eigenvalue weighted by molar-refractivity contribution is -0.116. The molecule has 3 aromatic rings. The molecule has 0 aliphatic carbocycles. The van der Waals surface area contributed by atoms with Crippen molar-refractivity contribution in [3.05, 3.63) is 83.4 Å². The highest BCUT2D eigenvalue weighted by atomic mass is 16.5. The lowest BCUT2D eigenvalue weighted by atomic mass is 10.1. The standard InChI is InChI=1S/C25H29N5O3/c31-23(27-20-7-3-1-4-8-20)19-30-16-13-26-24(25(30)32)28-21-11-14-29(15-12-21)17-18-33-22-9-5-2-6-10-22/h1-10,13,16,21H,11-12,14-15,17-19H2,(H,26,28)(H,27,31). The van der Waals surface area contributed by atoms with E-state index in [9.17, 15) is 9.59 Å². The molecule has 1 aromatic heterocycles. The van der Waals surface area contributed by atoms with Crippen LogP contribution >= 0.6 is 0 Å². The topological polar surface area (TPSA) is 88.5 Å². The lowest BCUT2D eigenvalue weighted by Crippen LogP contribution is -2.42. The molecular formula is C25H29N5O3.